The van der Waals surface area contributed by atoms with Gasteiger partial charge in [0.1, 0.15) is 11.5 Å². The van der Waals surface area contributed by atoms with Crippen LogP contribution in [0.5, 0.6) is 0 Å². The Morgan fingerprint density at radius 3 is 2.42 bits per heavy atom. The molecule has 14 heteroatoms. The van der Waals surface area contributed by atoms with Gasteiger partial charge in [-0.1, -0.05) is 45.2 Å². The maximum Gasteiger partial charge on any atom is 0.373 e. The van der Waals surface area contributed by atoms with E-state index >= 15 is 0 Å². The first-order chi connectivity index (χ1) is 20.0. The van der Waals surface area contributed by atoms with Gasteiger partial charge in [-0.2, -0.15) is 9.59 Å². The molecule has 0 radical (unpaired) electrons. The predicted octanol–water partition coefficient (Wildman–Crippen LogP) is 4.03. The smallest absolute Gasteiger partial charge is 0.373 e. The van der Waals surface area contributed by atoms with Crippen molar-refractivity contribution in [3.63, 3.8) is 0 Å². The van der Waals surface area contributed by atoms with Gasteiger partial charge >= 0.3 is 12.1 Å². The molecule has 2 heterocycles. The molecule has 1 aliphatic rings. The SMILES string of the molecule is C.C=CC(=O)O.COCCCCc1c(C(=O)N(CC(C)C)[C@@H]2CNC[C@H](C(F)F)C2)nnn1-c1ccccc1F.O=C=O. The summed E-state index contributed by atoms with van der Waals surface area (Å²) in [5, 5.41) is 18.9. The number of nitrogens with zero attached hydrogens (tertiary/aromatic N) is 4. The first kappa shape index (κ1) is 39.1. The number of unbranched alkanes of at least 4 members (excludes halogenated alkanes) is 1. The number of aliphatic carboxylic acids is 1. The van der Waals surface area contributed by atoms with Crippen LogP contribution in [0.3, 0.4) is 0 Å². The van der Waals surface area contributed by atoms with Crippen LogP contribution in [-0.4, -0.2) is 88.8 Å². The summed E-state index contributed by atoms with van der Waals surface area (Å²) in [6, 6.07) is 5.81. The number of carbonyl (C=O) groups is 2. The van der Waals surface area contributed by atoms with Crippen LogP contribution >= 0.6 is 0 Å². The van der Waals surface area contributed by atoms with Gasteiger partial charge in [-0.3, -0.25) is 4.79 Å². The lowest BCUT2D eigenvalue weighted by atomic mass is 9.94. The predicted molar refractivity (Wildman–Crippen MR) is 152 cm³/mol. The van der Waals surface area contributed by atoms with Crippen LogP contribution in [0.1, 0.15) is 56.7 Å². The third kappa shape index (κ3) is 12.9. The highest BCUT2D eigenvalue weighted by Gasteiger charge is 2.36. The summed E-state index contributed by atoms with van der Waals surface area (Å²) in [5.41, 5.74) is 0.859. The van der Waals surface area contributed by atoms with Gasteiger partial charge in [0.2, 0.25) is 6.43 Å². The van der Waals surface area contributed by atoms with Crippen LogP contribution in [-0.2, 0) is 25.5 Å². The molecule has 43 heavy (non-hydrogen) atoms. The minimum Gasteiger partial charge on any atom is -0.478 e. The second-order valence-corrected chi connectivity index (χ2v) is 9.82. The molecule has 11 nitrogen and oxygen atoms in total. The van der Waals surface area contributed by atoms with E-state index in [1.165, 1.54) is 10.7 Å². The van der Waals surface area contributed by atoms with Gasteiger partial charge in [-0.15, -0.1) is 5.10 Å². The monoisotopic (exact) mass is 613 g/mol. The summed E-state index contributed by atoms with van der Waals surface area (Å²) in [4.78, 5) is 40.9. The lowest BCUT2D eigenvalue weighted by Gasteiger charge is -2.38. The number of ether oxygens (including phenoxy) is 1. The number of methoxy groups -OCH3 is 1. The van der Waals surface area contributed by atoms with Crippen molar-refractivity contribution in [1.29, 1.82) is 0 Å². The molecule has 0 bridgehead atoms. The molecule has 2 aromatic rings. The van der Waals surface area contributed by atoms with Gasteiger partial charge in [0.05, 0.1) is 5.69 Å². The van der Waals surface area contributed by atoms with Crippen molar-refractivity contribution >= 4 is 18.0 Å². The number of nitrogens with one attached hydrogen (secondary N) is 1. The molecule has 1 aromatic heterocycles. The lowest BCUT2D eigenvalue weighted by Crippen LogP contribution is -2.53. The van der Waals surface area contributed by atoms with E-state index in [0.29, 0.717) is 38.2 Å². The second-order valence-electron chi connectivity index (χ2n) is 9.82. The largest absolute Gasteiger partial charge is 0.478 e. The number of carboxylic acids is 1. The van der Waals surface area contributed by atoms with E-state index in [4.69, 9.17) is 19.4 Å². The minimum atomic E-state index is -2.45. The summed E-state index contributed by atoms with van der Waals surface area (Å²) in [6.45, 7) is 8.54. The van der Waals surface area contributed by atoms with Gasteiger partial charge in [0.15, 0.2) is 5.69 Å². The molecule has 0 spiro atoms. The number of hydrogen-bond donors (Lipinski definition) is 2. The third-order valence-electron chi connectivity index (χ3n) is 6.21. The summed E-state index contributed by atoms with van der Waals surface area (Å²) in [7, 11) is 1.62. The maximum atomic E-state index is 14.6. The summed E-state index contributed by atoms with van der Waals surface area (Å²) in [5.74, 6) is -2.50. The number of para-hydroxylation sites is 1. The number of piperidine rings is 1. The highest BCUT2D eigenvalue weighted by molar-refractivity contribution is 5.93. The molecule has 1 amide bonds. The molecule has 2 atom stereocenters. The molecule has 0 unspecified atom stereocenters. The van der Waals surface area contributed by atoms with Gasteiger partial charge in [0.25, 0.3) is 5.91 Å². The number of benzene rings is 1. The number of aromatic nitrogens is 3. The molecule has 2 N–H and O–H groups in total. The summed E-state index contributed by atoms with van der Waals surface area (Å²) < 4.78 is 47.9. The molecule has 1 aliphatic heterocycles. The number of carbonyl (C=O) groups excluding carboxylic acids is 3. The van der Waals surface area contributed by atoms with Crippen LogP contribution < -0.4 is 5.32 Å². The molecular weight excluding hydrogens is 571 g/mol. The van der Waals surface area contributed by atoms with Crippen LogP contribution in [0.15, 0.2) is 36.9 Å². The average molecular weight is 614 g/mol. The molecule has 1 fully saturated rings. The van der Waals surface area contributed by atoms with E-state index in [2.05, 4.69) is 22.2 Å². The Hall–Kier alpha value is -3.87. The Labute approximate surface area is 250 Å². The van der Waals surface area contributed by atoms with Crippen LogP contribution in [0.2, 0.25) is 0 Å². The third-order valence-corrected chi connectivity index (χ3v) is 6.21. The lowest BCUT2D eigenvalue weighted by molar-refractivity contribution is -0.191. The fraction of sp³-hybridized carbons (Fsp3) is 0.552. The van der Waals surface area contributed by atoms with Crippen molar-refractivity contribution in [3.05, 3.63) is 54.1 Å². The highest BCUT2D eigenvalue weighted by atomic mass is 19.3. The zero-order chi connectivity index (χ0) is 31.7. The highest BCUT2D eigenvalue weighted by Crippen LogP contribution is 2.25. The van der Waals surface area contributed by atoms with E-state index in [9.17, 15) is 22.8 Å². The van der Waals surface area contributed by atoms with E-state index in [0.717, 1.165) is 12.5 Å². The van der Waals surface area contributed by atoms with E-state index in [1.54, 1.807) is 30.2 Å². The van der Waals surface area contributed by atoms with Crippen LogP contribution in [0.4, 0.5) is 13.2 Å². The Morgan fingerprint density at radius 2 is 1.88 bits per heavy atom. The van der Waals surface area contributed by atoms with Gasteiger partial charge in [-0.05, 0) is 43.7 Å². The maximum absolute atomic E-state index is 14.6. The normalized spacial score (nSPS) is 15.6. The molecule has 0 aliphatic carbocycles. The zero-order valence-corrected chi connectivity index (χ0v) is 24.0. The van der Waals surface area contributed by atoms with Crippen molar-refractivity contribution in [2.24, 2.45) is 11.8 Å². The quantitative estimate of drug-likeness (QED) is 0.268. The Balaban J connectivity index is 0.00000175. The van der Waals surface area contributed by atoms with Crippen molar-refractivity contribution < 1.29 is 42.2 Å². The number of alkyl halides is 2. The van der Waals surface area contributed by atoms with Gasteiger partial charge in [-0.25, -0.2) is 22.6 Å². The Kier molecular flexibility index (Phi) is 19.0. The molecule has 0 saturated carbocycles. The number of halogens is 3. The number of amides is 1. The van der Waals surface area contributed by atoms with Crippen molar-refractivity contribution in [1.82, 2.24) is 25.2 Å². The second kappa shape index (κ2) is 20.9. The topological polar surface area (TPSA) is 144 Å². The van der Waals surface area contributed by atoms with E-state index < -0.39 is 24.1 Å². The summed E-state index contributed by atoms with van der Waals surface area (Å²) >= 11 is 0. The zero-order valence-electron chi connectivity index (χ0n) is 24.0. The first-order valence-corrected chi connectivity index (χ1v) is 13.3. The van der Waals surface area contributed by atoms with Crippen molar-refractivity contribution in [3.8, 4) is 5.69 Å². The van der Waals surface area contributed by atoms with Crippen LogP contribution in [0.25, 0.3) is 5.69 Å². The fourth-order valence-corrected chi connectivity index (χ4v) is 4.36. The molecule has 1 aromatic carbocycles. The standard InChI is InChI=1S/C24H34F3N5O2.C3H4O2.CO2.CH4/c1-16(2)15-31(18-12-17(23(26)27)13-28-14-18)24(33)22-21(10-6-7-11-34-3)32(30-29-22)20-9-5-4-8-19(20)25;1-2-3(4)5;2-1-3;/h4-5,8-9,16-18,23,28H,6-7,10-15H2,1-3H3;2H,1H2,(H,4,5);;1H4/t17-,18+;;;/m1.../s1. The van der Waals surface area contributed by atoms with Gasteiger partial charge in [0, 0.05) is 51.4 Å². The average Bonchev–Trinajstić information content (AvgIpc) is 3.38. The van der Waals surface area contributed by atoms with E-state index in [1.807, 2.05) is 13.8 Å². The van der Waals surface area contributed by atoms with E-state index in [-0.39, 0.29) is 55.8 Å². The Bertz CT molecular complexity index is 1170. The molecule has 1 saturated heterocycles. The first-order valence-electron chi connectivity index (χ1n) is 13.3. The number of rotatable bonds is 12. The number of carboxylic acid groups (broad SMARTS) is 1. The molecular formula is C29H42F3N5O6. The molecule has 3 rings (SSSR count). The fourth-order valence-electron chi connectivity index (χ4n) is 4.36. The minimum absolute atomic E-state index is 0. The van der Waals surface area contributed by atoms with Crippen molar-refractivity contribution in [2.75, 3.05) is 33.4 Å². The summed E-state index contributed by atoms with van der Waals surface area (Å²) in [6.07, 6.45) is 0.741. The van der Waals surface area contributed by atoms with Gasteiger partial charge < -0.3 is 20.1 Å². The van der Waals surface area contributed by atoms with Crippen LogP contribution in [0, 0.1) is 17.7 Å². The Morgan fingerprint density at radius 1 is 1.26 bits per heavy atom. The van der Waals surface area contributed by atoms with Crippen molar-refractivity contribution in [2.45, 2.75) is 59.4 Å². The molecule has 240 valence electrons. The number of hydrogen-bond acceptors (Lipinski definition) is 8.